The van der Waals surface area contributed by atoms with Crippen molar-refractivity contribution in [2.24, 2.45) is 4.99 Å². The maximum Gasteiger partial charge on any atom is 0.306 e. The summed E-state index contributed by atoms with van der Waals surface area (Å²) in [6, 6.07) is 18.8. The molecule has 4 aromatic rings. The minimum absolute atomic E-state index is 0.0264. The summed E-state index contributed by atoms with van der Waals surface area (Å²) in [5, 5.41) is 56.5. The van der Waals surface area contributed by atoms with Crippen LogP contribution in [0.1, 0.15) is 53.1 Å². The van der Waals surface area contributed by atoms with E-state index in [1.165, 1.54) is 6.20 Å². The predicted octanol–water partition coefficient (Wildman–Crippen LogP) is 5.91. The van der Waals surface area contributed by atoms with E-state index in [9.17, 15) is 29.9 Å². The Morgan fingerprint density at radius 3 is 2.21 bits per heavy atom. The molecule has 16 heteroatoms. The van der Waals surface area contributed by atoms with E-state index in [0.29, 0.717) is 39.8 Å². The molecule has 0 aliphatic rings. The first-order valence-electron chi connectivity index (χ1n) is 19.6. The average molecular weight is 867 g/mol. The lowest BCUT2D eigenvalue weighted by molar-refractivity contribution is -0.140. The first kappa shape index (κ1) is 48.3. The molecule has 0 radical (unpaired) electrons. The zero-order valence-corrected chi connectivity index (χ0v) is 35.5. The number of benzene rings is 3. The molecule has 0 fully saturated rings. The number of carboxylic acids is 2. The maximum absolute atomic E-state index is 13.1. The summed E-state index contributed by atoms with van der Waals surface area (Å²) >= 11 is 6.74. The molecular formula is C46H51ClN6O9. The molecule has 2 atom stereocenters. The third-order valence-corrected chi connectivity index (χ3v) is 9.90. The van der Waals surface area contributed by atoms with Crippen LogP contribution in [0.25, 0.3) is 11.1 Å². The molecule has 0 amide bonds. The molecule has 0 aliphatic carbocycles. The van der Waals surface area contributed by atoms with E-state index >= 15 is 0 Å². The quantitative estimate of drug-likeness (QED) is 0.0233. The van der Waals surface area contributed by atoms with Crippen LogP contribution >= 0.6 is 11.6 Å². The lowest BCUT2D eigenvalue weighted by Crippen LogP contribution is -2.29. The number of hydrogen-bond acceptors (Lipinski definition) is 13. The fourth-order valence-corrected chi connectivity index (χ4v) is 6.53. The van der Waals surface area contributed by atoms with Gasteiger partial charge in [0.1, 0.15) is 36.5 Å². The fourth-order valence-electron chi connectivity index (χ4n) is 6.29. The summed E-state index contributed by atoms with van der Waals surface area (Å²) in [6.07, 6.45) is 3.48. The van der Waals surface area contributed by atoms with Gasteiger partial charge in [-0.05, 0) is 79.6 Å². The molecule has 1 heterocycles. The van der Waals surface area contributed by atoms with Crippen LogP contribution in [0.4, 0.5) is 5.69 Å². The Morgan fingerprint density at radius 1 is 0.871 bits per heavy atom. The van der Waals surface area contributed by atoms with Crippen LogP contribution in [0.5, 0.6) is 11.5 Å². The van der Waals surface area contributed by atoms with Crippen molar-refractivity contribution in [2.75, 3.05) is 31.5 Å². The lowest BCUT2D eigenvalue weighted by atomic mass is 9.93. The Kier molecular flexibility index (Phi) is 18.8. The third kappa shape index (κ3) is 14.9. The second-order valence-corrected chi connectivity index (χ2v) is 14.9. The molecule has 15 nitrogen and oxygen atoms in total. The zero-order chi connectivity index (χ0) is 45.2. The smallest absolute Gasteiger partial charge is 0.306 e. The number of aliphatic hydroxyl groups is 2. The van der Waals surface area contributed by atoms with Crippen LogP contribution in [0, 0.1) is 25.2 Å². The van der Waals surface area contributed by atoms with E-state index in [-0.39, 0.29) is 57.3 Å². The molecule has 0 saturated carbocycles. The molecule has 0 aliphatic heterocycles. The minimum atomic E-state index is -1.11. The number of allylic oxidation sites excluding steroid dienone is 2. The van der Waals surface area contributed by atoms with Crippen LogP contribution in [-0.2, 0) is 34.1 Å². The van der Waals surface area contributed by atoms with E-state index in [2.05, 4.69) is 38.7 Å². The highest BCUT2D eigenvalue weighted by atomic mass is 35.5. The molecule has 0 bridgehead atoms. The molecule has 1 aromatic heterocycles. The molecule has 0 spiro atoms. The van der Waals surface area contributed by atoms with Crippen molar-refractivity contribution >= 4 is 41.7 Å². The number of pyridine rings is 1. The normalized spacial score (nSPS) is 12.5. The molecule has 62 heavy (non-hydrogen) atoms. The second kappa shape index (κ2) is 24.1. The number of nitrogens with one attached hydrogen (secondary N) is 3. The SMILES string of the molecule is C=N/C(=C\C=C(/C)CNC[C@@H](O)CC(=O)O)C(=O)CNc1cccc(-c2cccc(COc3cc(OCc4cncc(C#N)c4)c(CNC[C@@H](O)CC(=O)O)cc3Cl)c2C)c1C. The number of aliphatic imine (C=N–C) groups is 1. The molecule has 7 N–H and O–H groups in total. The molecule has 0 unspecified atom stereocenters. The Balaban J connectivity index is 1.46. The van der Waals surface area contributed by atoms with Gasteiger partial charge in [-0.3, -0.25) is 24.4 Å². The summed E-state index contributed by atoms with van der Waals surface area (Å²) in [5.74, 6) is -1.68. The number of rotatable bonds is 25. The first-order chi connectivity index (χ1) is 29.7. The molecule has 4 rings (SSSR count). The largest absolute Gasteiger partial charge is 0.488 e. The Labute approximate surface area is 365 Å². The Hall–Kier alpha value is -6.41. The van der Waals surface area contributed by atoms with Gasteiger partial charge in [0, 0.05) is 61.5 Å². The number of aliphatic hydroxyl groups excluding tert-OH is 2. The second-order valence-electron chi connectivity index (χ2n) is 14.5. The number of hydrogen-bond donors (Lipinski definition) is 7. The van der Waals surface area contributed by atoms with Gasteiger partial charge in [-0.15, -0.1) is 0 Å². The lowest BCUT2D eigenvalue weighted by Gasteiger charge is -2.19. The van der Waals surface area contributed by atoms with E-state index in [0.717, 1.165) is 39.1 Å². The van der Waals surface area contributed by atoms with E-state index in [1.807, 2.05) is 57.2 Å². The third-order valence-electron chi connectivity index (χ3n) is 9.61. The molecular weight excluding hydrogens is 816 g/mol. The summed E-state index contributed by atoms with van der Waals surface area (Å²) in [4.78, 5) is 42.9. The van der Waals surface area contributed by atoms with Crippen molar-refractivity contribution in [3.63, 3.8) is 0 Å². The summed E-state index contributed by atoms with van der Waals surface area (Å²) in [7, 11) is 0. The van der Waals surface area contributed by atoms with Crippen molar-refractivity contribution in [3.05, 3.63) is 129 Å². The van der Waals surface area contributed by atoms with Crippen molar-refractivity contribution in [2.45, 2.75) is 65.6 Å². The van der Waals surface area contributed by atoms with Crippen LogP contribution < -0.4 is 25.4 Å². The highest BCUT2D eigenvalue weighted by molar-refractivity contribution is 6.32. The molecule has 3 aromatic carbocycles. The maximum atomic E-state index is 13.1. The number of ketones is 1. The number of anilines is 1. The average Bonchev–Trinajstić information content (AvgIpc) is 3.22. The summed E-state index contributed by atoms with van der Waals surface area (Å²) in [5.41, 5.74) is 8.16. The number of nitrogens with zero attached hydrogens (tertiary/aromatic N) is 3. The summed E-state index contributed by atoms with van der Waals surface area (Å²) < 4.78 is 12.5. The van der Waals surface area contributed by atoms with Crippen LogP contribution in [0.2, 0.25) is 5.02 Å². The van der Waals surface area contributed by atoms with Gasteiger partial charge in [0.15, 0.2) is 5.78 Å². The van der Waals surface area contributed by atoms with Crippen LogP contribution in [0.3, 0.4) is 0 Å². The van der Waals surface area contributed by atoms with E-state index < -0.39 is 30.6 Å². The monoisotopic (exact) mass is 866 g/mol. The number of carbonyl (C=O) groups is 3. The highest BCUT2D eigenvalue weighted by Gasteiger charge is 2.17. The zero-order valence-electron chi connectivity index (χ0n) is 34.8. The molecule has 326 valence electrons. The number of carboxylic acid groups (broad SMARTS) is 2. The van der Waals surface area contributed by atoms with Crippen molar-refractivity contribution in [1.82, 2.24) is 15.6 Å². The van der Waals surface area contributed by atoms with Gasteiger partial charge in [-0.2, -0.15) is 5.26 Å². The topological polar surface area (TPSA) is 236 Å². The predicted molar refractivity (Wildman–Crippen MR) is 236 cm³/mol. The number of aliphatic carboxylic acids is 2. The number of halogens is 1. The van der Waals surface area contributed by atoms with Crippen LogP contribution in [0.15, 0.2) is 95.4 Å². The van der Waals surface area contributed by atoms with Gasteiger partial charge >= 0.3 is 11.9 Å². The molecule has 0 saturated heterocycles. The first-order valence-corrected chi connectivity index (χ1v) is 20.0. The van der Waals surface area contributed by atoms with E-state index in [4.69, 9.17) is 31.3 Å². The Morgan fingerprint density at radius 2 is 1.53 bits per heavy atom. The number of carbonyl (C=O) groups excluding carboxylic acids is 1. The van der Waals surface area contributed by atoms with Crippen molar-refractivity contribution in [3.8, 4) is 28.7 Å². The van der Waals surface area contributed by atoms with Crippen molar-refractivity contribution < 1.29 is 44.3 Å². The summed E-state index contributed by atoms with van der Waals surface area (Å²) in [6.45, 7) is 10.3. The van der Waals surface area contributed by atoms with Gasteiger partial charge in [0.05, 0.1) is 42.2 Å². The fraction of sp³-hybridized carbons (Fsp3) is 0.304. The number of Topliss-reactive ketones (excluding diaryl/α,β-unsaturated/α-hetero) is 1. The van der Waals surface area contributed by atoms with Crippen LogP contribution in [-0.4, -0.2) is 88.2 Å². The number of aromatic nitrogens is 1. The Bertz CT molecular complexity index is 2340. The van der Waals surface area contributed by atoms with Gasteiger partial charge in [-0.25, -0.2) is 0 Å². The van der Waals surface area contributed by atoms with Gasteiger partial charge in [-0.1, -0.05) is 53.6 Å². The van der Waals surface area contributed by atoms with E-state index in [1.54, 1.807) is 36.5 Å². The number of nitriles is 1. The standard InChI is InChI=1S/C46H51ClN6O9/c1-28(19-50-23-35(54)15-45(57)58)11-12-41(49-4)42(56)25-53-40-10-6-9-38(30(40)3)37-8-5-7-33(29(37)2)27-62-44-17-43(61-26-32-13-31(18-48)20-51-21-32)34(14-39(44)47)22-52-24-36(55)16-46(59)60/h5-14,17,20-21,35-36,50,52-55H,4,15-16,19,22-27H2,1-3H3,(H,57,58)(H,59,60)/b28-11+,41-12-/t35-,36-/m0/s1. The number of ether oxygens (including phenoxy) is 2. The van der Waals surface area contributed by atoms with Gasteiger partial charge in [0.2, 0.25) is 0 Å². The highest BCUT2D eigenvalue weighted by Crippen LogP contribution is 2.36. The van der Waals surface area contributed by atoms with Gasteiger partial charge in [0.25, 0.3) is 0 Å². The van der Waals surface area contributed by atoms with Gasteiger partial charge < -0.3 is 45.9 Å². The minimum Gasteiger partial charge on any atom is -0.488 e. The van der Waals surface area contributed by atoms with Crippen molar-refractivity contribution in [1.29, 1.82) is 5.26 Å².